The molecule has 1 aromatic rings. The van der Waals surface area contributed by atoms with E-state index in [1.165, 1.54) is 0 Å². The second-order valence-corrected chi connectivity index (χ2v) is 7.22. The summed E-state index contributed by atoms with van der Waals surface area (Å²) in [6.45, 7) is 5.56. The molecule has 0 radical (unpaired) electrons. The van der Waals surface area contributed by atoms with Crippen LogP contribution < -0.4 is 5.32 Å². The molecule has 0 bridgehead atoms. The average molecular weight is 286 g/mol. The van der Waals surface area contributed by atoms with E-state index in [2.05, 4.69) is 5.32 Å². The highest BCUT2D eigenvalue weighted by Gasteiger charge is 2.26. The highest BCUT2D eigenvalue weighted by Crippen LogP contribution is 2.15. The maximum absolute atomic E-state index is 11.7. The van der Waals surface area contributed by atoms with E-state index in [1.807, 2.05) is 19.1 Å². The molecule has 0 spiro atoms. The Morgan fingerprint density at radius 3 is 2.58 bits per heavy atom. The van der Waals surface area contributed by atoms with Crippen LogP contribution in [-0.2, 0) is 16.6 Å². The minimum absolute atomic E-state index is 0.191. The zero-order chi connectivity index (χ0) is 13.9. The summed E-state index contributed by atoms with van der Waals surface area (Å²) >= 11 is 0. The lowest BCUT2D eigenvalue weighted by atomic mass is 10.1. The summed E-state index contributed by atoms with van der Waals surface area (Å²) in [5.74, 6) is 2.04. The predicted octanol–water partition coefficient (Wildman–Crippen LogP) is 1.49. The standard InChI is InChI=1S/C13H22N2O3S/c1-3-19(16,17)15-8-6-12(7-9-15)14-10-13-5-4-11(2)18-13/h4-5,12,14H,3,6-10H2,1-2H3. The van der Waals surface area contributed by atoms with Crippen molar-refractivity contribution in [2.24, 2.45) is 0 Å². The summed E-state index contributed by atoms with van der Waals surface area (Å²) in [7, 11) is -3.02. The van der Waals surface area contributed by atoms with Crippen molar-refractivity contribution in [1.82, 2.24) is 9.62 Å². The first-order valence-corrected chi connectivity index (χ1v) is 8.38. The largest absolute Gasteiger partial charge is 0.465 e. The minimum Gasteiger partial charge on any atom is -0.465 e. The monoisotopic (exact) mass is 286 g/mol. The van der Waals surface area contributed by atoms with Gasteiger partial charge in [-0.05, 0) is 38.8 Å². The Morgan fingerprint density at radius 1 is 1.37 bits per heavy atom. The lowest BCUT2D eigenvalue weighted by Gasteiger charge is -2.31. The van der Waals surface area contributed by atoms with Crippen molar-refractivity contribution in [2.45, 2.75) is 39.3 Å². The average Bonchev–Trinajstić information content (AvgIpc) is 2.83. The van der Waals surface area contributed by atoms with Crippen LogP contribution in [0.2, 0.25) is 0 Å². The number of rotatable bonds is 5. The number of sulfonamides is 1. The van der Waals surface area contributed by atoms with Gasteiger partial charge in [-0.3, -0.25) is 0 Å². The van der Waals surface area contributed by atoms with Crippen LogP contribution in [0.5, 0.6) is 0 Å². The predicted molar refractivity (Wildman–Crippen MR) is 74.3 cm³/mol. The minimum atomic E-state index is -3.02. The van der Waals surface area contributed by atoms with E-state index in [9.17, 15) is 8.42 Å². The molecule has 0 aromatic carbocycles. The quantitative estimate of drug-likeness (QED) is 0.891. The van der Waals surface area contributed by atoms with Gasteiger partial charge in [-0.2, -0.15) is 0 Å². The maximum Gasteiger partial charge on any atom is 0.213 e. The van der Waals surface area contributed by atoms with Gasteiger partial charge in [0.2, 0.25) is 10.0 Å². The molecule has 0 aliphatic carbocycles. The molecule has 5 nitrogen and oxygen atoms in total. The Balaban J connectivity index is 1.78. The molecule has 2 heterocycles. The third kappa shape index (κ3) is 3.81. The number of hydrogen-bond acceptors (Lipinski definition) is 4. The molecule has 1 aliphatic rings. The molecule has 1 N–H and O–H groups in total. The molecule has 1 saturated heterocycles. The van der Waals surface area contributed by atoms with Crippen LogP contribution in [-0.4, -0.2) is 37.6 Å². The summed E-state index contributed by atoms with van der Waals surface area (Å²) in [6.07, 6.45) is 1.72. The van der Waals surface area contributed by atoms with Gasteiger partial charge in [0.1, 0.15) is 11.5 Å². The lowest BCUT2D eigenvalue weighted by molar-refractivity contribution is 0.283. The fourth-order valence-corrected chi connectivity index (χ4v) is 3.48. The first-order valence-electron chi connectivity index (χ1n) is 6.78. The Morgan fingerprint density at radius 2 is 2.05 bits per heavy atom. The molecule has 108 valence electrons. The van der Waals surface area contributed by atoms with Gasteiger partial charge in [-0.1, -0.05) is 0 Å². The van der Waals surface area contributed by atoms with E-state index in [0.29, 0.717) is 25.7 Å². The van der Waals surface area contributed by atoms with Crippen molar-refractivity contribution in [3.63, 3.8) is 0 Å². The van der Waals surface area contributed by atoms with Crippen LogP contribution in [0.1, 0.15) is 31.3 Å². The highest BCUT2D eigenvalue weighted by molar-refractivity contribution is 7.89. The number of nitrogens with zero attached hydrogens (tertiary/aromatic N) is 1. The molecule has 19 heavy (non-hydrogen) atoms. The Labute approximate surface area is 115 Å². The maximum atomic E-state index is 11.7. The van der Waals surface area contributed by atoms with Gasteiger partial charge in [-0.25, -0.2) is 12.7 Å². The van der Waals surface area contributed by atoms with Gasteiger partial charge in [0, 0.05) is 19.1 Å². The van der Waals surface area contributed by atoms with Crippen molar-refractivity contribution < 1.29 is 12.8 Å². The third-order valence-electron chi connectivity index (χ3n) is 3.57. The van der Waals surface area contributed by atoms with Crippen LogP contribution in [0, 0.1) is 6.92 Å². The number of hydrogen-bond donors (Lipinski definition) is 1. The van der Waals surface area contributed by atoms with E-state index in [1.54, 1.807) is 11.2 Å². The van der Waals surface area contributed by atoms with Gasteiger partial charge in [-0.15, -0.1) is 0 Å². The molecule has 0 saturated carbocycles. The Bertz CT molecular complexity index is 502. The van der Waals surface area contributed by atoms with E-state index in [4.69, 9.17) is 4.42 Å². The van der Waals surface area contributed by atoms with Crippen molar-refractivity contribution in [2.75, 3.05) is 18.8 Å². The van der Waals surface area contributed by atoms with Crippen LogP contribution in [0.3, 0.4) is 0 Å². The summed E-state index contributed by atoms with van der Waals surface area (Å²) < 4.78 is 30.6. The molecule has 1 fully saturated rings. The first kappa shape index (κ1) is 14.6. The van der Waals surface area contributed by atoms with Crippen LogP contribution in [0.15, 0.2) is 16.5 Å². The lowest BCUT2D eigenvalue weighted by Crippen LogP contribution is -2.45. The molecule has 2 rings (SSSR count). The fraction of sp³-hybridized carbons (Fsp3) is 0.692. The number of aryl methyl sites for hydroxylation is 1. The van der Waals surface area contributed by atoms with Crippen LogP contribution in [0.25, 0.3) is 0 Å². The number of furan rings is 1. The summed E-state index contributed by atoms with van der Waals surface area (Å²) in [5.41, 5.74) is 0. The molecular weight excluding hydrogens is 264 g/mol. The van der Waals surface area contributed by atoms with E-state index >= 15 is 0 Å². The Hall–Kier alpha value is -0.850. The molecular formula is C13H22N2O3S. The van der Waals surface area contributed by atoms with Gasteiger partial charge < -0.3 is 9.73 Å². The van der Waals surface area contributed by atoms with Gasteiger partial charge >= 0.3 is 0 Å². The van der Waals surface area contributed by atoms with E-state index < -0.39 is 10.0 Å². The molecule has 0 amide bonds. The van der Waals surface area contributed by atoms with Gasteiger partial charge in [0.15, 0.2) is 0 Å². The zero-order valence-corrected chi connectivity index (χ0v) is 12.4. The SMILES string of the molecule is CCS(=O)(=O)N1CCC(NCc2ccc(C)o2)CC1. The van der Waals surface area contributed by atoms with Crippen LogP contribution in [0.4, 0.5) is 0 Å². The van der Waals surface area contributed by atoms with E-state index in [0.717, 1.165) is 24.4 Å². The molecule has 1 aromatic heterocycles. The second kappa shape index (κ2) is 6.07. The topological polar surface area (TPSA) is 62.6 Å². The van der Waals surface area contributed by atoms with Gasteiger partial charge in [0.05, 0.1) is 12.3 Å². The second-order valence-electron chi connectivity index (χ2n) is 4.97. The highest BCUT2D eigenvalue weighted by atomic mass is 32.2. The molecule has 6 heteroatoms. The van der Waals surface area contributed by atoms with Crippen molar-refractivity contribution >= 4 is 10.0 Å². The smallest absolute Gasteiger partial charge is 0.213 e. The van der Waals surface area contributed by atoms with Crippen LogP contribution >= 0.6 is 0 Å². The first-order chi connectivity index (χ1) is 9.01. The number of nitrogens with one attached hydrogen (secondary N) is 1. The van der Waals surface area contributed by atoms with E-state index in [-0.39, 0.29) is 5.75 Å². The van der Waals surface area contributed by atoms with Crippen molar-refractivity contribution in [3.8, 4) is 0 Å². The fourth-order valence-electron chi connectivity index (χ4n) is 2.35. The molecule has 0 atom stereocenters. The van der Waals surface area contributed by atoms with Gasteiger partial charge in [0.25, 0.3) is 0 Å². The molecule has 1 aliphatic heterocycles. The Kier molecular flexibility index (Phi) is 4.65. The summed E-state index contributed by atoms with van der Waals surface area (Å²) in [5, 5.41) is 3.43. The van der Waals surface area contributed by atoms with Crippen molar-refractivity contribution in [3.05, 3.63) is 23.7 Å². The number of piperidine rings is 1. The third-order valence-corrected chi connectivity index (χ3v) is 5.45. The van der Waals surface area contributed by atoms with Crippen molar-refractivity contribution in [1.29, 1.82) is 0 Å². The molecule has 0 unspecified atom stereocenters. The summed E-state index contributed by atoms with van der Waals surface area (Å²) in [4.78, 5) is 0. The summed E-state index contributed by atoms with van der Waals surface area (Å²) in [6, 6.07) is 4.29. The normalized spacial score (nSPS) is 18.8. The zero-order valence-electron chi connectivity index (χ0n) is 11.6.